The summed E-state index contributed by atoms with van der Waals surface area (Å²) in [5.41, 5.74) is 6.08. The van der Waals surface area contributed by atoms with Crippen molar-refractivity contribution in [3.8, 4) is 0 Å². The number of rotatable bonds is 7. The van der Waals surface area contributed by atoms with E-state index in [0.717, 1.165) is 5.56 Å². The number of nitrogens with one attached hydrogen (secondary N) is 1. The lowest BCUT2D eigenvalue weighted by Crippen LogP contribution is -2.44. The third kappa shape index (κ3) is 10.2. The number of nitro groups is 1. The molecule has 1 atom stereocenters. The standard InChI is InChI=1S/C12H12F3N3O4.C7H8O3S/c13-12(14,15)5-9(16)10(19)11(20)17-6-7-2-1-3-8(4-7)18(21)22;1-6-2-4-7(5-3-6)11(8,9)10/h1-4,9H,5-6,16H2,(H,17,20);2-5H,1H3,(H,8,9,10). The monoisotopic (exact) mass is 491 g/mol. The summed E-state index contributed by atoms with van der Waals surface area (Å²) < 4.78 is 65.8. The highest BCUT2D eigenvalue weighted by molar-refractivity contribution is 7.85. The number of nitro benzene ring substituents is 1. The van der Waals surface area contributed by atoms with Gasteiger partial charge in [-0.05, 0) is 24.6 Å². The first-order valence-corrected chi connectivity index (χ1v) is 10.5. The number of carbonyl (C=O) groups is 2. The Hall–Kier alpha value is -3.36. The molecule has 4 N–H and O–H groups in total. The smallest absolute Gasteiger partial charge is 0.345 e. The molecule has 2 rings (SSSR count). The van der Waals surface area contributed by atoms with Crippen molar-refractivity contribution in [1.82, 2.24) is 5.32 Å². The molecule has 1 unspecified atom stereocenters. The van der Waals surface area contributed by atoms with Crippen LogP contribution in [-0.4, -0.2) is 41.8 Å². The van der Waals surface area contributed by atoms with Gasteiger partial charge in [0.1, 0.15) is 0 Å². The largest absolute Gasteiger partial charge is 0.391 e. The maximum Gasteiger partial charge on any atom is 0.391 e. The Labute approximate surface area is 186 Å². The van der Waals surface area contributed by atoms with Gasteiger partial charge < -0.3 is 11.1 Å². The molecule has 10 nitrogen and oxygen atoms in total. The predicted octanol–water partition coefficient (Wildman–Crippen LogP) is 2.30. The lowest BCUT2D eigenvalue weighted by atomic mass is 10.1. The summed E-state index contributed by atoms with van der Waals surface area (Å²) in [5, 5.41) is 12.6. The van der Waals surface area contributed by atoms with Crippen LogP contribution in [0.5, 0.6) is 0 Å². The van der Waals surface area contributed by atoms with E-state index in [-0.39, 0.29) is 17.1 Å². The second-order valence-electron chi connectivity index (χ2n) is 6.69. The summed E-state index contributed by atoms with van der Waals surface area (Å²) in [7, 11) is -4.02. The van der Waals surface area contributed by atoms with Crippen molar-refractivity contribution in [1.29, 1.82) is 0 Å². The lowest BCUT2D eigenvalue weighted by Gasteiger charge is -2.12. The molecule has 0 aliphatic rings. The first-order chi connectivity index (χ1) is 15.1. The second kappa shape index (κ2) is 11.5. The molecule has 0 bridgehead atoms. The van der Waals surface area contributed by atoms with E-state index < -0.39 is 45.4 Å². The third-order valence-corrected chi connectivity index (χ3v) is 4.77. The Morgan fingerprint density at radius 1 is 1.18 bits per heavy atom. The molecular formula is C19H20F3N3O7S. The van der Waals surface area contributed by atoms with E-state index in [9.17, 15) is 41.3 Å². The van der Waals surface area contributed by atoms with Crippen molar-refractivity contribution in [2.24, 2.45) is 5.73 Å². The van der Waals surface area contributed by atoms with Gasteiger partial charge in [-0.3, -0.25) is 24.3 Å². The fourth-order valence-corrected chi connectivity index (χ4v) is 2.75. The number of ketones is 1. The second-order valence-corrected chi connectivity index (χ2v) is 8.11. The quantitative estimate of drug-likeness (QED) is 0.229. The molecule has 14 heteroatoms. The van der Waals surface area contributed by atoms with Crippen LogP contribution in [0.3, 0.4) is 0 Å². The fourth-order valence-electron chi connectivity index (χ4n) is 2.27. The number of nitrogens with zero attached hydrogens (tertiary/aromatic N) is 1. The van der Waals surface area contributed by atoms with Crippen LogP contribution >= 0.6 is 0 Å². The van der Waals surface area contributed by atoms with Crippen molar-refractivity contribution in [3.63, 3.8) is 0 Å². The zero-order valence-corrected chi connectivity index (χ0v) is 17.9. The van der Waals surface area contributed by atoms with Crippen LogP contribution in [0.4, 0.5) is 18.9 Å². The molecule has 0 aliphatic carbocycles. The molecule has 0 saturated carbocycles. The van der Waals surface area contributed by atoms with E-state index in [2.05, 4.69) is 5.32 Å². The summed E-state index contributed by atoms with van der Waals surface area (Å²) in [5.74, 6) is -2.67. The van der Waals surface area contributed by atoms with Crippen molar-refractivity contribution in [2.45, 2.75) is 37.0 Å². The first-order valence-electron chi connectivity index (χ1n) is 9.02. The Balaban J connectivity index is 0.000000412. The summed E-state index contributed by atoms with van der Waals surface area (Å²) >= 11 is 0. The van der Waals surface area contributed by atoms with Crippen molar-refractivity contribution < 1.29 is 40.7 Å². The highest BCUT2D eigenvalue weighted by atomic mass is 32.2. The van der Waals surface area contributed by atoms with Gasteiger partial charge in [-0.25, -0.2) is 0 Å². The molecule has 180 valence electrons. The lowest BCUT2D eigenvalue weighted by molar-refractivity contribution is -0.384. The van der Waals surface area contributed by atoms with Gasteiger partial charge in [0.2, 0.25) is 5.78 Å². The normalized spacial score (nSPS) is 12.2. The highest BCUT2D eigenvalue weighted by Crippen LogP contribution is 2.21. The maximum absolute atomic E-state index is 12.1. The molecule has 0 saturated heterocycles. The summed E-state index contributed by atoms with van der Waals surface area (Å²) in [6, 6.07) is 9.23. The van der Waals surface area contributed by atoms with Gasteiger partial charge in [-0.2, -0.15) is 21.6 Å². The minimum Gasteiger partial charge on any atom is -0.345 e. The van der Waals surface area contributed by atoms with Gasteiger partial charge in [0, 0.05) is 18.7 Å². The molecule has 33 heavy (non-hydrogen) atoms. The Morgan fingerprint density at radius 2 is 1.76 bits per heavy atom. The molecule has 2 aromatic carbocycles. The van der Waals surface area contributed by atoms with Crippen molar-refractivity contribution >= 4 is 27.5 Å². The number of halogens is 3. The molecule has 0 fully saturated rings. The van der Waals surface area contributed by atoms with E-state index in [1.54, 1.807) is 12.1 Å². The van der Waals surface area contributed by atoms with E-state index in [1.165, 1.54) is 36.4 Å². The van der Waals surface area contributed by atoms with Gasteiger partial charge in [0.05, 0.1) is 22.3 Å². The minimum atomic E-state index is -4.66. The number of carbonyl (C=O) groups excluding carboxylic acids is 2. The summed E-state index contributed by atoms with van der Waals surface area (Å²) in [6.07, 6.45) is -6.26. The number of hydrogen-bond acceptors (Lipinski definition) is 7. The van der Waals surface area contributed by atoms with Crippen LogP contribution in [0.1, 0.15) is 17.5 Å². The molecule has 0 heterocycles. The van der Waals surface area contributed by atoms with Crippen LogP contribution in [0, 0.1) is 17.0 Å². The number of nitrogens with two attached hydrogens (primary N) is 1. The fraction of sp³-hybridized carbons (Fsp3) is 0.263. The Kier molecular flexibility index (Phi) is 9.63. The van der Waals surface area contributed by atoms with E-state index in [0.29, 0.717) is 5.56 Å². The zero-order chi connectivity index (χ0) is 25.4. The number of benzene rings is 2. The van der Waals surface area contributed by atoms with Gasteiger partial charge in [-0.1, -0.05) is 29.8 Å². The average Bonchev–Trinajstić information content (AvgIpc) is 2.70. The van der Waals surface area contributed by atoms with E-state index in [4.69, 9.17) is 10.3 Å². The third-order valence-electron chi connectivity index (χ3n) is 3.91. The molecular weight excluding hydrogens is 471 g/mol. The van der Waals surface area contributed by atoms with E-state index in [1.807, 2.05) is 6.92 Å². The Bertz CT molecular complexity index is 1100. The van der Waals surface area contributed by atoms with Crippen LogP contribution in [-0.2, 0) is 26.3 Å². The minimum absolute atomic E-state index is 0.0666. The zero-order valence-electron chi connectivity index (χ0n) is 17.1. The number of hydrogen-bond donors (Lipinski definition) is 3. The average molecular weight is 491 g/mol. The molecule has 0 aromatic heterocycles. The topological polar surface area (TPSA) is 170 Å². The van der Waals surface area contributed by atoms with Crippen LogP contribution in [0.15, 0.2) is 53.4 Å². The van der Waals surface area contributed by atoms with Crippen LogP contribution in [0.25, 0.3) is 0 Å². The van der Waals surface area contributed by atoms with Gasteiger partial charge >= 0.3 is 6.18 Å². The molecule has 0 radical (unpaired) electrons. The maximum atomic E-state index is 12.1. The van der Waals surface area contributed by atoms with E-state index >= 15 is 0 Å². The number of alkyl halides is 3. The highest BCUT2D eigenvalue weighted by Gasteiger charge is 2.35. The first kappa shape index (κ1) is 27.7. The molecule has 1 amide bonds. The number of amides is 1. The van der Waals surface area contributed by atoms with Crippen LogP contribution in [0.2, 0.25) is 0 Å². The molecule has 0 aliphatic heterocycles. The SMILES string of the molecule is Cc1ccc(S(=O)(=O)O)cc1.NC(CC(F)(F)F)C(=O)C(=O)NCc1cccc([N+](=O)[O-])c1. The van der Waals surface area contributed by atoms with Crippen molar-refractivity contribution in [3.05, 3.63) is 69.8 Å². The van der Waals surface area contributed by atoms with Crippen LogP contribution < -0.4 is 11.1 Å². The molecule has 0 spiro atoms. The predicted molar refractivity (Wildman–Crippen MR) is 110 cm³/mol. The Morgan fingerprint density at radius 3 is 2.24 bits per heavy atom. The number of non-ortho nitro benzene ring substituents is 1. The van der Waals surface area contributed by atoms with Gasteiger partial charge in [0.25, 0.3) is 21.7 Å². The number of Topliss-reactive ketones (excluding diaryl/α,β-unsaturated/α-hetero) is 1. The summed E-state index contributed by atoms with van der Waals surface area (Å²) in [4.78, 5) is 32.6. The van der Waals surface area contributed by atoms with Gasteiger partial charge in [-0.15, -0.1) is 0 Å². The number of aryl methyl sites for hydroxylation is 1. The summed E-state index contributed by atoms with van der Waals surface area (Å²) in [6.45, 7) is 1.60. The van der Waals surface area contributed by atoms with Crippen molar-refractivity contribution in [2.75, 3.05) is 0 Å². The van der Waals surface area contributed by atoms with Gasteiger partial charge in [0.15, 0.2) is 0 Å². The molecule has 2 aromatic rings.